The molecule has 2 rings (SSSR count). The summed E-state index contributed by atoms with van der Waals surface area (Å²) in [6.07, 6.45) is 0.674. The number of aryl methyl sites for hydroxylation is 1. The van der Waals surface area contributed by atoms with Crippen LogP contribution in [0.4, 0.5) is 0 Å². The van der Waals surface area contributed by atoms with Gasteiger partial charge in [0.15, 0.2) is 6.04 Å². The maximum Gasteiger partial charge on any atom is 0.329 e. The van der Waals surface area contributed by atoms with Crippen molar-refractivity contribution in [3.63, 3.8) is 0 Å². The summed E-state index contributed by atoms with van der Waals surface area (Å²) in [6.45, 7) is 1.95. The molecule has 0 aliphatic carbocycles. The zero-order valence-electron chi connectivity index (χ0n) is 8.14. The molecule has 0 bridgehead atoms. The van der Waals surface area contributed by atoms with Crippen molar-refractivity contribution in [1.29, 1.82) is 0 Å². The van der Waals surface area contributed by atoms with Crippen molar-refractivity contribution in [2.24, 2.45) is 4.99 Å². The Morgan fingerprint density at radius 1 is 1.73 bits per heavy atom. The fraction of sp³-hybridized carbons (Fsp3) is 0.444. The fourth-order valence-electron chi connectivity index (χ4n) is 1.26. The molecule has 0 amide bonds. The van der Waals surface area contributed by atoms with Crippen LogP contribution in [0, 0.1) is 6.92 Å². The first-order valence-electron chi connectivity index (χ1n) is 4.48. The minimum absolute atomic E-state index is 0.551. The molecular weight excluding hydrogens is 232 g/mol. The van der Waals surface area contributed by atoms with E-state index >= 15 is 0 Å². The summed E-state index contributed by atoms with van der Waals surface area (Å²) >= 11 is 3.11. The molecule has 2 heterocycles. The van der Waals surface area contributed by atoms with E-state index in [4.69, 9.17) is 5.11 Å². The van der Waals surface area contributed by atoms with Gasteiger partial charge in [-0.05, 0) is 6.92 Å². The maximum atomic E-state index is 10.7. The van der Waals surface area contributed by atoms with Crippen molar-refractivity contribution in [3.8, 4) is 0 Å². The molecule has 0 radical (unpaired) electrons. The fourth-order valence-corrected chi connectivity index (χ4v) is 3.14. The Balaban J connectivity index is 2.02. The number of carboxylic acid groups (broad SMARTS) is 1. The second-order valence-electron chi connectivity index (χ2n) is 3.25. The van der Waals surface area contributed by atoms with Crippen LogP contribution in [-0.4, -0.2) is 32.9 Å². The number of aromatic nitrogens is 1. The highest BCUT2D eigenvalue weighted by atomic mass is 32.2. The number of carboxylic acids is 1. The molecule has 80 valence electrons. The number of hydrogen-bond acceptors (Lipinski definition) is 5. The van der Waals surface area contributed by atoms with Crippen LogP contribution in [0.3, 0.4) is 0 Å². The minimum Gasteiger partial charge on any atom is -0.480 e. The summed E-state index contributed by atoms with van der Waals surface area (Å²) in [6, 6.07) is -0.564. The molecule has 0 aromatic carbocycles. The Bertz CT molecular complexity index is 414. The lowest BCUT2D eigenvalue weighted by atomic mass is 10.3. The normalized spacial score (nSPS) is 20.3. The third-order valence-corrected chi connectivity index (χ3v) is 3.99. The van der Waals surface area contributed by atoms with Crippen LogP contribution in [0.15, 0.2) is 10.4 Å². The van der Waals surface area contributed by atoms with E-state index in [1.165, 1.54) is 11.8 Å². The number of hydrogen-bond donors (Lipinski definition) is 1. The molecule has 1 N–H and O–H groups in total. The standard InChI is InChI=1S/C9H10N2O2S2/c1-5-3-14-7(10-5)2-8-11-6(4-15-8)9(12)13/h3,6H,2,4H2,1H3,(H,12,13). The van der Waals surface area contributed by atoms with Gasteiger partial charge in [-0.1, -0.05) is 0 Å². The zero-order chi connectivity index (χ0) is 10.8. The largest absolute Gasteiger partial charge is 0.480 e. The van der Waals surface area contributed by atoms with Gasteiger partial charge in [-0.2, -0.15) is 0 Å². The number of aliphatic carboxylic acids is 1. The van der Waals surface area contributed by atoms with Crippen LogP contribution >= 0.6 is 23.1 Å². The molecule has 4 nitrogen and oxygen atoms in total. The summed E-state index contributed by atoms with van der Waals surface area (Å²) in [5.41, 5.74) is 1.01. The molecule has 15 heavy (non-hydrogen) atoms. The van der Waals surface area contributed by atoms with Gasteiger partial charge in [-0.15, -0.1) is 23.1 Å². The first-order valence-corrected chi connectivity index (χ1v) is 6.35. The number of rotatable bonds is 3. The van der Waals surface area contributed by atoms with Crippen LogP contribution in [-0.2, 0) is 11.2 Å². The van der Waals surface area contributed by atoms with Crippen LogP contribution in [0.25, 0.3) is 0 Å². The summed E-state index contributed by atoms with van der Waals surface area (Å²) < 4.78 is 0. The summed E-state index contributed by atoms with van der Waals surface area (Å²) in [5.74, 6) is -0.289. The van der Waals surface area contributed by atoms with Crippen molar-refractivity contribution in [2.75, 3.05) is 5.75 Å². The summed E-state index contributed by atoms with van der Waals surface area (Å²) in [7, 11) is 0. The van der Waals surface area contributed by atoms with Gasteiger partial charge in [0.1, 0.15) is 0 Å². The summed E-state index contributed by atoms with van der Waals surface area (Å²) in [4.78, 5) is 19.1. The minimum atomic E-state index is -0.840. The van der Waals surface area contributed by atoms with Crippen LogP contribution < -0.4 is 0 Å². The van der Waals surface area contributed by atoms with Crippen LogP contribution in [0.2, 0.25) is 0 Å². The van der Waals surface area contributed by atoms with Gasteiger partial charge >= 0.3 is 5.97 Å². The first kappa shape index (κ1) is 10.6. The highest BCUT2D eigenvalue weighted by Gasteiger charge is 2.24. The second-order valence-corrected chi connectivity index (χ2v) is 5.28. The second kappa shape index (κ2) is 4.32. The SMILES string of the molecule is Cc1csc(CC2=NC(C(=O)O)CS2)n1. The van der Waals surface area contributed by atoms with Crippen molar-refractivity contribution >= 4 is 34.1 Å². The highest BCUT2D eigenvalue weighted by Crippen LogP contribution is 2.22. The van der Waals surface area contributed by atoms with Crippen LogP contribution in [0.5, 0.6) is 0 Å². The average molecular weight is 242 g/mol. The quantitative estimate of drug-likeness (QED) is 0.874. The summed E-state index contributed by atoms with van der Waals surface area (Å²) in [5, 5.41) is 12.6. The third kappa shape index (κ3) is 2.57. The van der Waals surface area contributed by atoms with Gasteiger partial charge in [-0.25, -0.2) is 9.78 Å². The Labute approximate surface area is 95.4 Å². The molecule has 1 atom stereocenters. The van der Waals surface area contributed by atoms with E-state index in [1.54, 1.807) is 11.3 Å². The molecule has 1 unspecified atom stereocenters. The van der Waals surface area contributed by atoms with Crippen molar-refractivity contribution in [2.45, 2.75) is 19.4 Å². The lowest BCUT2D eigenvalue weighted by Crippen LogP contribution is -2.17. The lowest BCUT2D eigenvalue weighted by molar-refractivity contribution is -0.137. The monoisotopic (exact) mass is 242 g/mol. The van der Waals surface area contributed by atoms with Crippen LogP contribution in [0.1, 0.15) is 10.7 Å². The van der Waals surface area contributed by atoms with E-state index in [-0.39, 0.29) is 0 Å². The van der Waals surface area contributed by atoms with E-state index in [0.29, 0.717) is 12.2 Å². The Kier molecular flexibility index (Phi) is 3.06. The van der Waals surface area contributed by atoms with E-state index in [1.807, 2.05) is 12.3 Å². The number of carbonyl (C=O) groups is 1. The highest BCUT2D eigenvalue weighted by molar-refractivity contribution is 8.14. The van der Waals surface area contributed by atoms with E-state index in [9.17, 15) is 4.79 Å². The smallest absolute Gasteiger partial charge is 0.329 e. The van der Waals surface area contributed by atoms with Crippen molar-refractivity contribution < 1.29 is 9.90 Å². The van der Waals surface area contributed by atoms with Gasteiger partial charge in [0, 0.05) is 23.2 Å². The Morgan fingerprint density at radius 3 is 3.07 bits per heavy atom. The first-order chi connectivity index (χ1) is 7.15. The molecule has 1 aromatic rings. The molecule has 0 saturated carbocycles. The van der Waals surface area contributed by atoms with E-state index in [2.05, 4.69) is 9.98 Å². The predicted molar refractivity (Wildman–Crippen MR) is 61.9 cm³/mol. The number of thiazole rings is 1. The molecule has 1 aliphatic heterocycles. The van der Waals surface area contributed by atoms with Gasteiger partial charge < -0.3 is 5.11 Å². The molecule has 0 spiro atoms. The van der Waals surface area contributed by atoms with E-state index < -0.39 is 12.0 Å². The average Bonchev–Trinajstić information content (AvgIpc) is 2.76. The van der Waals surface area contributed by atoms with Gasteiger partial charge in [0.05, 0.1) is 10.1 Å². The molecule has 1 aromatic heterocycles. The Morgan fingerprint density at radius 2 is 2.53 bits per heavy atom. The van der Waals surface area contributed by atoms with Gasteiger partial charge in [0.2, 0.25) is 0 Å². The molecular formula is C9H10N2O2S2. The van der Waals surface area contributed by atoms with Gasteiger partial charge in [0.25, 0.3) is 0 Å². The number of thioether (sulfide) groups is 1. The lowest BCUT2D eigenvalue weighted by Gasteiger charge is -1.94. The number of aliphatic imine (C=N–C) groups is 1. The molecule has 0 saturated heterocycles. The predicted octanol–water partition coefficient (Wildman–Crippen LogP) is 1.59. The van der Waals surface area contributed by atoms with E-state index in [0.717, 1.165) is 15.7 Å². The third-order valence-electron chi connectivity index (χ3n) is 1.96. The zero-order valence-corrected chi connectivity index (χ0v) is 9.77. The Hall–Kier alpha value is -0.880. The van der Waals surface area contributed by atoms with Gasteiger partial charge in [-0.3, -0.25) is 4.99 Å². The van der Waals surface area contributed by atoms with Crippen molar-refractivity contribution in [1.82, 2.24) is 4.98 Å². The number of nitrogens with zero attached hydrogens (tertiary/aromatic N) is 2. The molecule has 0 fully saturated rings. The molecule has 6 heteroatoms. The molecule has 1 aliphatic rings. The van der Waals surface area contributed by atoms with Crippen molar-refractivity contribution in [3.05, 3.63) is 16.1 Å². The topological polar surface area (TPSA) is 62.5 Å². The maximum absolute atomic E-state index is 10.7.